The molecule has 1 aromatic carbocycles. The summed E-state index contributed by atoms with van der Waals surface area (Å²) < 4.78 is 5.59. The van der Waals surface area contributed by atoms with Crippen molar-refractivity contribution in [2.45, 2.75) is 38.6 Å². The summed E-state index contributed by atoms with van der Waals surface area (Å²) >= 11 is 0. The Morgan fingerprint density at radius 3 is 2.40 bits per heavy atom. The molecule has 0 saturated carbocycles. The molecule has 7 nitrogen and oxygen atoms in total. The third-order valence-corrected chi connectivity index (χ3v) is 6.09. The molecule has 7 heteroatoms. The van der Waals surface area contributed by atoms with Gasteiger partial charge in [0, 0.05) is 38.8 Å². The molecular formula is C23H31N5O2. The summed E-state index contributed by atoms with van der Waals surface area (Å²) in [5, 5.41) is 9.02. The maximum atomic E-state index is 12.4. The van der Waals surface area contributed by atoms with Crippen molar-refractivity contribution < 1.29 is 9.53 Å². The fraction of sp³-hybridized carbons (Fsp3) is 0.522. The van der Waals surface area contributed by atoms with Crippen molar-refractivity contribution in [3.05, 3.63) is 42.5 Å². The highest BCUT2D eigenvalue weighted by Crippen LogP contribution is 2.25. The fourth-order valence-corrected chi connectivity index (χ4v) is 4.30. The molecule has 30 heavy (non-hydrogen) atoms. The van der Waals surface area contributed by atoms with Gasteiger partial charge in [-0.3, -0.25) is 4.79 Å². The lowest BCUT2D eigenvalue weighted by Gasteiger charge is -2.37. The molecule has 3 heterocycles. The molecule has 4 rings (SSSR count). The van der Waals surface area contributed by atoms with Crippen LogP contribution in [0, 0.1) is 0 Å². The summed E-state index contributed by atoms with van der Waals surface area (Å²) in [7, 11) is 0. The average Bonchev–Trinajstić information content (AvgIpc) is 2.83. The number of para-hydroxylation sites is 1. The molecule has 2 saturated heterocycles. The van der Waals surface area contributed by atoms with E-state index < -0.39 is 0 Å². The standard InChI is InChI=1S/C23H31N5O2/c1-2-19-8-6-7-13-28(19)22-12-11-21(24-25-22)26-14-16-27(17-15-26)23(29)18-30-20-9-4-3-5-10-20/h3-5,9-12,19H,2,6-8,13-18H2,1H3. The average molecular weight is 410 g/mol. The molecule has 2 fully saturated rings. The lowest BCUT2D eigenvalue weighted by atomic mass is 10.0. The minimum Gasteiger partial charge on any atom is -0.484 e. The summed E-state index contributed by atoms with van der Waals surface area (Å²) in [5.74, 6) is 2.61. The van der Waals surface area contributed by atoms with Crippen molar-refractivity contribution in [2.75, 3.05) is 49.1 Å². The zero-order valence-corrected chi connectivity index (χ0v) is 17.7. The number of amides is 1. The first-order valence-corrected chi connectivity index (χ1v) is 11.1. The summed E-state index contributed by atoms with van der Waals surface area (Å²) in [6.45, 7) is 6.25. The van der Waals surface area contributed by atoms with Crippen LogP contribution in [0.15, 0.2) is 42.5 Å². The third kappa shape index (κ3) is 4.83. The minimum absolute atomic E-state index is 0.0237. The van der Waals surface area contributed by atoms with Gasteiger partial charge in [-0.25, -0.2) is 0 Å². The van der Waals surface area contributed by atoms with Crippen LogP contribution in [-0.2, 0) is 4.79 Å². The van der Waals surface area contributed by atoms with Gasteiger partial charge in [0.1, 0.15) is 5.75 Å². The first-order valence-electron chi connectivity index (χ1n) is 11.1. The van der Waals surface area contributed by atoms with Crippen molar-refractivity contribution in [1.82, 2.24) is 15.1 Å². The van der Waals surface area contributed by atoms with E-state index in [4.69, 9.17) is 4.74 Å². The highest BCUT2D eigenvalue weighted by Gasteiger charge is 2.24. The Labute approximate surface area is 178 Å². The highest BCUT2D eigenvalue weighted by atomic mass is 16.5. The summed E-state index contributed by atoms with van der Waals surface area (Å²) in [6.07, 6.45) is 4.92. The Kier molecular flexibility index (Phi) is 6.67. The number of piperidine rings is 1. The van der Waals surface area contributed by atoms with Crippen LogP contribution in [0.25, 0.3) is 0 Å². The predicted molar refractivity (Wildman–Crippen MR) is 118 cm³/mol. The van der Waals surface area contributed by atoms with Gasteiger partial charge in [-0.15, -0.1) is 10.2 Å². The molecule has 1 amide bonds. The Morgan fingerprint density at radius 2 is 1.70 bits per heavy atom. The Hall–Kier alpha value is -2.83. The van der Waals surface area contributed by atoms with Crippen molar-refractivity contribution in [2.24, 2.45) is 0 Å². The number of hydrogen-bond acceptors (Lipinski definition) is 6. The second-order valence-electron chi connectivity index (χ2n) is 7.97. The van der Waals surface area contributed by atoms with E-state index >= 15 is 0 Å². The van der Waals surface area contributed by atoms with Crippen molar-refractivity contribution >= 4 is 17.5 Å². The molecule has 1 unspecified atom stereocenters. The van der Waals surface area contributed by atoms with Gasteiger partial charge in [0.25, 0.3) is 5.91 Å². The van der Waals surface area contributed by atoms with E-state index in [-0.39, 0.29) is 12.5 Å². The SMILES string of the molecule is CCC1CCCCN1c1ccc(N2CCN(C(=O)COc3ccccc3)CC2)nn1. The van der Waals surface area contributed by atoms with Gasteiger partial charge in [0.15, 0.2) is 18.2 Å². The summed E-state index contributed by atoms with van der Waals surface area (Å²) in [5.41, 5.74) is 0. The Bertz CT molecular complexity index is 806. The molecule has 0 spiro atoms. The molecule has 2 aliphatic rings. The van der Waals surface area contributed by atoms with Gasteiger partial charge in [-0.1, -0.05) is 25.1 Å². The van der Waals surface area contributed by atoms with E-state index in [1.807, 2.05) is 35.2 Å². The molecule has 0 radical (unpaired) electrons. The lowest BCUT2D eigenvalue weighted by Crippen LogP contribution is -2.50. The molecule has 2 aliphatic heterocycles. The van der Waals surface area contributed by atoms with Gasteiger partial charge in [-0.05, 0) is 49.9 Å². The molecule has 160 valence electrons. The van der Waals surface area contributed by atoms with Crippen LogP contribution in [0.2, 0.25) is 0 Å². The molecule has 0 N–H and O–H groups in total. The number of benzene rings is 1. The first-order chi connectivity index (χ1) is 14.7. The molecular weight excluding hydrogens is 378 g/mol. The van der Waals surface area contributed by atoms with Crippen LogP contribution in [0.1, 0.15) is 32.6 Å². The Morgan fingerprint density at radius 1 is 0.967 bits per heavy atom. The van der Waals surface area contributed by atoms with Crippen LogP contribution in [0.4, 0.5) is 11.6 Å². The Balaban J connectivity index is 1.28. The topological polar surface area (TPSA) is 61.8 Å². The summed E-state index contributed by atoms with van der Waals surface area (Å²) in [4.78, 5) is 18.9. The number of piperazine rings is 1. The quantitative estimate of drug-likeness (QED) is 0.731. The zero-order valence-electron chi connectivity index (χ0n) is 17.7. The van der Waals surface area contributed by atoms with Crippen molar-refractivity contribution in [1.29, 1.82) is 0 Å². The van der Waals surface area contributed by atoms with E-state index in [2.05, 4.69) is 39.1 Å². The van der Waals surface area contributed by atoms with Crippen LogP contribution >= 0.6 is 0 Å². The molecule has 2 aromatic rings. The number of rotatable bonds is 6. The minimum atomic E-state index is 0.0237. The van der Waals surface area contributed by atoms with Crippen molar-refractivity contribution in [3.8, 4) is 5.75 Å². The van der Waals surface area contributed by atoms with E-state index in [1.165, 1.54) is 19.3 Å². The maximum Gasteiger partial charge on any atom is 0.260 e. The number of nitrogens with zero attached hydrogens (tertiary/aromatic N) is 5. The van der Waals surface area contributed by atoms with E-state index in [9.17, 15) is 4.79 Å². The number of hydrogen-bond donors (Lipinski definition) is 0. The van der Waals surface area contributed by atoms with Gasteiger partial charge in [0.2, 0.25) is 0 Å². The fourth-order valence-electron chi connectivity index (χ4n) is 4.30. The van der Waals surface area contributed by atoms with Crippen LogP contribution in [0.3, 0.4) is 0 Å². The normalized spacial score (nSPS) is 19.6. The first kappa shape index (κ1) is 20.4. The molecule has 1 aromatic heterocycles. The number of anilines is 2. The van der Waals surface area contributed by atoms with Gasteiger partial charge in [0.05, 0.1) is 0 Å². The number of ether oxygens (including phenoxy) is 1. The molecule has 1 atom stereocenters. The van der Waals surface area contributed by atoms with Gasteiger partial charge in [-0.2, -0.15) is 0 Å². The van der Waals surface area contributed by atoms with Crippen LogP contribution < -0.4 is 14.5 Å². The summed E-state index contributed by atoms with van der Waals surface area (Å²) in [6, 6.07) is 14.2. The third-order valence-electron chi connectivity index (χ3n) is 6.09. The number of carbonyl (C=O) groups is 1. The lowest BCUT2D eigenvalue weighted by molar-refractivity contribution is -0.133. The molecule has 0 aliphatic carbocycles. The maximum absolute atomic E-state index is 12.4. The van der Waals surface area contributed by atoms with Crippen LogP contribution in [0.5, 0.6) is 5.75 Å². The van der Waals surface area contributed by atoms with E-state index in [0.717, 1.165) is 43.4 Å². The monoisotopic (exact) mass is 409 g/mol. The van der Waals surface area contributed by atoms with E-state index in [0.29, 0.717) is 19.1 Å². The van der Waals surface area contributed by atoms with Crippen LogP contribution in [-0.4, -0.2) is 66.4 Å². The smallest absolute Gasteiger partial charge is 0.260 e. The predicted octanol–water partition coefficient (Wildman–Crippen LogP) is 2.97. The number of aromatic nitrogens is 2. The second kappa shape index (κ2) is 9.78. The number of carbonyl (C=O) groups excluding carboxylic acids is 1. The van der Waals surface area contributed by atoms with Gasteiger partial charge < -0.3 is 19.4 Å². The van der Waals surface area contributed by atoms with Crippen molar-refractivity contribution in [3.63, 3.8) is 0 Å². The molecule has 0 bridgehead atoms. The second-order valence-corrected chi connectivity index (χ2v) is 7.97. The zero-order chi connectivity index (χ0) is 20.8. The van der Waals surface area contributed by atoms with E-state index in [1.54, 1.807) is 0 Å². The highest BCUT2D eigenvalue weighted by molar-refractivity contribution is 5.78. The van der Waals surface area contributed by atoms with Gasteiger partial charge >= 0.3 is 0 Å². The largest absolute Gasteiger partial charge is 0.484 e.